The highest BCUT2D eigenvalue weighted by atomic mass is 16.4. The fourth-order valence-electron chi connectivity index (χ4n) is 2.21. The van der Waals surface area contributed by atoms with Crippen LogP contribution in [0, 0.1) is 6.92 Å². The molecule has 0 aliphatic carbocycles. The summed E-state index contributed by atoms with van der Waals surface area (Å²) >= 11 is 0. The molecule has 2 aromatic rings. The molecule has 25 heavy (non-hydrogen) atoms. The van der Waals surface area contributed by atoms with Crippen LogP contribution in [0.4, 0.5) is 16.2 Å². The summed E-state index contributed by atoms with van der Waals surface area (Å²) in [5, 5.41) is 15.9. The van der Waals surface area contributed by atoms with E-state index < -0.39 is 24.5 Å². The zero-order valence-electron chi connectivity index (χ0n) is 13.7. The average molecular weight is 340 g/mol. The molecule has 0 atom stereocenters. The van der Waals surface area contributed by atoms with E-state index in [0.29, 0.717) is 11.4 Å². The van der Waals surface area contributed by atoms with Crippen LogP contribution in [-0.2, 0) is 9.59 Å². The zero-order valence-corrected chi connectivity index (χ0v) is 13.7. The quantitative estimate of drug-likeness (QED) is 0.815. The van der Waals surface area contributed by atoms with Crippen molar-refractivity contribution >= 4 is 29.3 Å². The van der Waals surface area contributed by atoms with Crippen LogP contribution in [0.1, 0.15) is 5.56 Å². The maximum absolute atomic E-state index is 12.3. The second-order valence-corrected chi connectivity index (χ2v) is 5.36. The van der Waals surface area contributed by atoms with Crippen LogP contribution >= 0.6 is 0 Å². The summed E-state index contributed by atoms with van der Waals surface area (Å²) in [7, 11) is 0. The maximum Gasteiger partial charge on any atom is 0.319 e. The molecule has 0 saturated heterocycles. The molecule has 130 valence electrons. The van der Waals surface area contributed by atoms with Gasteiger partial charge < -0.3 is 25.4 Å². The first-order valence-corrected chi connectivity index (χ1v) is 7.62. The highest BCUT2D eigenvalue weighted by Gasteiger charge is 2.16. The van der Waals surface area contributed by atoms with Crippen molar-refractivity contribution in [2.24, 2.45) is 0 Å². The number of hydrogen-bond acceptors (Lipinski definition) is 4. The first-order valence-electron chi connectivity index (χ1n) is 7.62. The number of carbonyl (C=O) groups is 3. The van der Waals surface area contributed by atoms with Crippen molar-refractivity contribution in [1.82, 2.24) is 5.32 Å². The number of nitrogens with zero attached hydrogens (tertiary/aromatic N) is 1. The molecule has 7 nitrogen and oxygen atoms in total. The molecule has 0 aliphatic rings. The average Bonchev–Trinajstić information content (AvgIpc) is 2.58. The molecule has 0 aromatic heterocycles. The van der Waals surface area contributed by atoms with Gasteiger partial charge in [0, 0.05) is 11.4 Å². The van der Waals surface area contributed by atoms with Crippen LogP contribution in [0.2, 0.25) is 0 Å². The number of nitrogens with one attached hydrogen (secondary N) is 2. The minimum atomic E-state index is -1.39. The molecular weight excluding hydrogens is 322 g/mol. The summed E-state index contributed by atoms with van der Waals surface area (Å²) in [6.07, 6.45) is 0. The molecule has 0 radical (unpaired) electrons. The largest absolute Gasteiger partial charge is 0.548 e. The maximum atomic E-state index is 12.3. The van der Waals surface area contributed by atoms with E-state index in [1.54, 1.807) is 48.5 Å². The lowest BCUT2D eigenvalue weighted by atomic mass is 10.2. The molecule has 0 bridgehead atoms. The van der Waals surface area contributed by atoms with Gasteiger partial charge in [0.2, 0.25) is 5.91 Å². The van der Waals surface area contributed by atoms with Gasteiger partial charge in [0.1, 0.15) is 0 Å². The van der Waals surface area contributed by atoms with Gasteiger partial charge in [0.05, 0.1) is 19.1 Å². The van der Waals surface area contributed by atoms with E-state index in [0.717, 1.165) is 10.5 Å². The SMILES string of the molecule is Cc1cccc(NC(=O)NCC(=O)N(CC(=O)[O-])c2ccccc2)c1. The molecule has 7 heteroatoms. The van der Waals surface area contributed by atoms with Crippen LogP contribution in [0.15, 0.2) is 54.6 Å². The van der Waals surface area contributed by atoms with E-state index in [1.165, 1.54) is 0 Å². The lowest BCUT2D eigenvalue weighted by Crippen LogP contribution is -2.46. The minimum absolute atomic E-state index is 0.347. The van der Waals surface area contributed by atoms with Crippen molar-refractivity contribution in [3.05, 3.63) is 60.2 Å². The van der Waals surface area contributed by atoms with Crippen molar-refractivity contribution in [1.29, 1.82) is 0 Å². The molecule has 0 unspecified atom stereocenters. The first-order chi connectivity index (χ1) is 12.0. The summed E-state index contributed by atoms with van der Waals surface area (Å²) in [4.78, 5) is 36.1. The van der Waals surface area contributed by atoms with Gasteiger partial charge in [0.25, 0.3) is 0 Å². The number of carboxylic acids is 1. The van der Waals surface area contributed by atoms with Gasteiger partial charge in [0.15, 0.2) is 0 Å². The highest BCUT2D eigenvalue weighted by molar-refractivity contribution is 6.00. The van der Waals surface area contributed by atoms with Gasteiger partial charge in [-0.3, -0.25) is 4.79 Å². The van der Waals surface area contributed by atoms with Crippen LogP contribution in [0.3, 0.4) is 0 Å². The van der Waals surface area contributed by atoms with Crippen LogP contribution in [-0.4, -0.2) is 31.0 Å². The van der Waals surface area contributed by atoms with Gasteiger partial charge in [-0.2, -0.15) is 0 Å². The molecule has 2 rings (SSSR count). The third-order valence-corrected chi connectivity index (χ3v) is 3.33. The predicted molar refractivity (Wildman–Crippen MR) is 92.0 cm³/mol. The smallest absolute Gasteiger partial charge is 0.319 e. The van der Waals surface area contributed by atoms with E-state index in [1.807, 2.05) is 13.0 Å². The number of aryl methyl sites for hydroxylation is 1. The number of benzene rings is 2. The van der Waals surface area contributed by atoms with Crippen molar-refractivity contribution in [3.63, 3.8) is 0 Å². The lowest BCUT2D eigenvalue weighted by molar-refractivity contribution is -0.303. The molecule has 0 saturated carbocycles. The summed E-state index contributed by atoms with van der Waals surface area (Å²) in [6, 6.07) is 15.0. The predicted octanol–water partition coefficient (Wildman–Crippen LogP) is 0.900. The topological polar surface area (TPSA) is 102 Å². The second kappa shape index (κ2) is 8.49. The van der Waals surface area contributed by atoms with Crippen LogP contribution < -0.4 is 20.6 Å². The van der Waals surface area contributed by atoms with E-state index in [2.05, 4.69) is 10.6 Å². The van der Waals surface area contributed by atoms with Crippen molar-refractivity contribution in [2.75, 3.05) is 23.3 Å². The van der Waals surface area contributed by atoms with Crippen molar-refractivity contribution < 1.29 is 19.5 Å². The Morgan fingerprint density at radius 3 is 2.40 bits per heavy atom. The van der Waals surface area contributed by atoms with Gasteiger partial charge in [-0.15, -0.1) is 0 Å². The Morgan fingerprint density at radius 2 is 1.76 bits per heavy atom. The third-order valence-electron chi connectivity index (χ3n) is 3.33. The van der Waals surface area contributed by atoms with Crippen LogP contribution in [0.5, 0.6) is 0 Å². The molecule has 0 heterocycles. The number of hydrogen-bond donors (Lipinski definition) is 2. The third kappa shape index (κ3) is 5.65. The summed E-state index contributed by atoms with van der Waals surface area (Å²) < 4.78 is 0. The molecule has 2 aromatic carbocycles. The lowest BCUT2D eigenvalue weighted by Gasteiger charge is -2.23. The highest BCUT2D eigenvalue weighted by Crippen LogP contribution is 2.13. The molecule has 0 aliphatic heterocycles. The van der Waals surface area contributed by atoms with Gasteiger partial charge >= 0.3 is 6.03 Å². The van der Waals surface area contributed by atoms with Crippen molar-refractivity contribution in [2.45, 2.75) is 6.92 Å². The Balaban J connectivity index is 1.96. The van der Waals surface area contributed by atoms with E-state index in [4.69, 9.17) is 0 Å². The standard InChI is InChI=1S/C18H19N3O4/c1-13-6-5-7-14(10-13)20-18(25)19-11-16(22)21(12-17(23)24)15-8-3-2-4-9-15/h2-10H,11-12H2,1H3,(H,23,24)(H2,19,20,25)/p-1. The number of carbonyl (C=O) groups excluding carboxylic acids is 3. The number of anilines is 2. The fraction of sp³-hybridized carbons (Fsp3) is 0.167. The Labute approximate surface area is 145 Å². The monoisotopic (exact) mass is 340 g/mol. The molecule has 2 N–H and O–H groups in total. The zero-order chi connectivity index (χ0) is 18.2. The molecule has 3 amide bonds. The molecule has 0 spiro atoms. The summed E-state index contributed by atoms with van der Waals surface area (Å²) in [6.45, 7) is 0.953. The number of urea groups is 1. The minimum Gasteiger partial charge on any atom is -0.548 e. The molecular formula is C18H18N3O4-. The first kappa shape index (κ1) is 18.0. The number of para-hydroxylation sites is 1. The number of aliphatic carboxylic acids is 1. The van der Waals surface area contributed by atoms with E-state index >= 15 is 0 Å². The van der Waals surface area contributed by atoms with Gasteiger partial charge in [-0.1, -0.05) is 30.3 Å². The Bertz CT molecular complexity index is 762. The van der Waals surface area contributed by atoms with Crippen molar-refractivity contribution in [3.8, 4) is 0 Å². The number of amides is 3. The Hall–Kier alpha value is -3.35. The molecule has 0 fully saturated rings. The second-order valence-electron chi connectivity index (χ2n) is 5.36. The van der Waals surface area contributed by atoms with Gasteiger partial charge in [-0.05, 0) is 36.8 Å². The summed E-state index contributed by atoms with van der Waals surface area (Å²) in [5.41, 5.74) is 2.00. The fourth-order valence-corrected chi connectivity index (χ4v) is 2.21. The normalized spacial score (nSPS) is 9.96. The number of rotatable bonds is 6. The number of carboxylic acid groups (broad SMARTS) is 1. The van der Waals surface area contributed by atoms with Gasteiger partial charge in [-0.25, -0.2) is 4.79 Å². The van der Waals surface area contributed by atoms with Crippen LogP contribution in [0.25, 0.3) is 0 Å². The Kier molecular flexibility index (Phi) is 6.11. The van der Waals surface area contributed by atoms with E-state index in [-0.39, 0.29) is 6.54 Å². The van der Waals surface area contributed by atoms with E-state index in [9.17, 15) is 19.5 Å². The Morgan fingerprint density at radius 1 is 1.04 bits per heavy atom. The summed E-state index contributed by atoms with van der Waals surface area (Å²) in [5.74, 6) is -1.95.